The van der Waals surface area contributed by atoms with Crippen LogP contribution in [0.15, 0.2) is 0 Å². The van der Waals surface area contributed by atoms with E-state index in [9.17, 15) is 5.11 Å². The van der Waals surface area contributed by atoms with E-state index in [0.29, 0.717) is 5.54 Å². The lowest BCUT2D eigenvalue weighted by Gasteiger charge is -2.57. The number of likely N-dealkylation sites (tertiary alicyclic amines) is 1. The smallest absolute Gasteiger partial charge is 0.104 e. The molecule has 1 spiro atoms. The van der Waals surface area contributed by atoms with Crippen LogP contribution < -0.4 is 0 Å². The zero-order chi connectivity index (χ0) is 9.47. The van der Waals surface area contributed by atoms with Crippen LogP contribution in [0.25, 0.3) is 0 Å². The Balaban J connectivity index is 2.05. The lowest BCUT2D eigenvalue weighted by Crippen LogP contribution is -2.61. The molecule has 1 unspecified atom stereocenters. The highest BCUT2D eigenvalue weighted by atomic mass is 16.3. The summed E-state index contributed by atoms with van der Waals surface area (Å²) in [6.07, 6.45) is 6.29. The van der Waals surface area contributed by atoms with Gasteiger partial charge in [0.1, 0.15) is 6.23 Å². The highest BCUT2D eigenvalue weighted by molar-refractivity contribution is 5.03. The van der Waals surface area contributed by atoms with Crippen molar-refractivity contribution in [1.82, 2.24) is 4.90 Å². The third-order valence-electron chi connectivity index (χ3n) is 3.81. The number of hydrogen-bond acceptors (Lipinski definition) is 2. The average molecular weight is 183 g/mol. The molecular weight excluding hydrogens is 162 g/mol. The Morgan fingerprint density at radius 3 is 2.62 bits per heavy atom. The molecule has 0 radical (unpaired) electrons. The molecule has 2 aliphatic rings. The minimum Gasteiger partial charge on any atom is -0.379 e. The minimum absolute atomic E-state index is 0.243. The van der Waals surface area contributed by atoms with Crippen LogP contribution in [-0.2, 0) is 0 Å². The van der Waals surface area contributed by atoms with E-state index in [0.717, 1.165) is 12.5 Å². The molecule has 0 aromatic carbocycles. The fourth-order valence-electron chi connectivity index (χ4n) is 3.38. The molecule has 0 aromatic rings. The van der Waals surface area contributed by atoms with E-state index in [4.69, 9.17) is 0 Å². The molecule has 1 heterocycles. The van der Waals surface area contributed by atoms with Gasteiger partial charge in [-0.1, -0.05) is 13.3 Å². The Morgan fingerprint density at radius 2 is 2.08 bits per heavy atom. The first kappa shape index (κ1) is 9.47. The fraction of sp³-hybridized carbons (Fsp3) is 1.00. The monoisotopic (exact) mass is 183 g/mol. The van der Waals surface area contributed by atoms with Crippen molar-refractivity contribution in [3.05, 3.63) is 0 Å². The predicted molar refractivity (Wildman–Crippen MR) is 53.4 cm³/mol. The number of piperidine rings is 1. The summed E-state index contributed by atoms with van der Waals surface area (Å²) < 4.78 is 0. The molecule has 0 aromatic heterocycles. The maximum Gasteiger partial charge on any atom is 0.104 e. The lowest BCUT2D eigenvalue weighted by atomic mass is 9.64. The van der Waals surface area contributed by atoms with Crippen molar-refractivity contribution in [2.45, 2.75) is 57.7 Å². The van der Waals surface area contributed by atoms with E-state index in [1.807, 2.05) is 6.92 Å². The maximum atomic E-state index is 9.69. The van der Waals surface area contributed by atoms with Crippen molar-refractivity contribution in [2.75, 3.05) is 6.54 Å². The van der Waals surface area contributed by atoms with Crippen LogP contribution in [-0.4, -0.2) is 28.3 Å². The van der Waals surface area contributed by atoms with E-state index in [1.165, 1.54) is 32.1 Å². The molecule has 0 bridgehead atoms. The second-order valence-electron chi connectivity index (χ2n) is 5.02. The Labute approximate surface area is 80.9 Å². The molecule has 1 aliphatic carbocycles. The average Bonchev–Trinajstić information content (AvgIpc) is 2.02. The largest absolute Gasteiger partial charge is 0.379 e. The van der Waals surface area contributed by atoms with E-state index < -0.39 is 0 Å². The molecule has 2 heteroatoms. The summed E-state index contributed by atoms with van der Waals surface area (Å²) >= 11 is 0. The molecule has 2 rings (SSSR count). The third-order valence-corrected chi connectivity index (χ3v) is 3.81. The van der Waals surface area contributed by atoms with Gasteiger partial charge in [0.15, 0.2) is 0 Å². The molecule has 13 heavy (non-hydrogen) atoms. The zero-order valence-electron chi connectivity index (χ0n) is 8.79. The summed E-state index contributed by atoms with van der Waals surface area (Å²) in [4.78, 5) is 2.33. The van der Waals surface area contributed by atoms with Crippen molar-refractivity contribution in [2.24, 2.45) is 5.92 Å². The van der Waals surface area contributed by atoms with Gasteiger partial charge in [0.05, 0.1) is 0 Å². The summed E-state index contributed by atoms with van der Waals surface area (Å²) in [7, 11) is 0. The van der Waals surface area contributed by atoms with Crippen LogP contribution >= 0.6 is 0 Å². The third kappa shape index (κ3) is 1.50. The molecule has 1 atom stereocenters. The van der Waals surface area contributed by atoms with Gasteiger partial charge in [0, 0.05) is 12.1 Å². The van der Waals surface area contributed by atoms with Gasteiger partial charge >= 0.3 is 0 Å². The van der Waals surface area contributed by atoms with Gasteiger partial charge in [-0.05, 0) is 38.5 Å². The minimum atomic E-state index is -0.243. The number of hydrogen-bond donors (Lipinski definition) is 1. The standard InChI is InChI=1S/C11H21NO/c1-9-7-11(8-9)5-3-4-6-12(11)10(2)13/h9-10,13H,3-8H2,1-2H3. The van der Waals surface area contributed by atoms with Crippen LogP contribution in [0.2, 0.25) is 0 Å². The molecule has 2 fully saturated rings. The second-order valence-corrected chi connectivity index (χ2v) is 5.02. The van der Waals surface area contributed by atoms with E-state index in [-0.39, 0.29) is 6.23 Å². The van der Waals surface area contributed by atoms with E-state index in [2.05, 4.69) is 11.8 Å². The summed E-state index contributed by atoms with van der Waals surface area (Å²) in [6.45, 7) is 5.33. The Bertz CT molecular complexity index is 179. The predicted octanol–water partition coefficient (Wildman–Crippen LogP) is 1.98. The van der Waals surface area contributed by atoms with Crippen molar-refractivity contribution in [1.29, 1.82) is 0 Å². The van der Waals surface area contributed by atoms with E-state index >= 15 is 0 Å². The lowest BCUT2D eigenvalue weighted by molar-refractivity contribution is -0.129. The Hall–Kier alpha value is -0.0800. The number of nitrogens with zero attached hydrogens (tertiary/aromatic N) is 1. The van der Waals surface area contributed by atoms with Crippen molar-refractivity contribution in [3.63, 3.8) is 0 Å². The molecule has 2 nitrogen and oxygen atoms in total. The van der Waals surface area contributed by atoms with Gasteiger partial charge in [-0.3, -0.25) is 4.90 Å². The van der Waals surface area contributed by atoms with Gasteiger partial charge in [-0.2, -0.15) is 0 Å². The number of aliphatic hydroxyl groups is 1. The van der Waals surface area contributed by atoms with Gasteiger partial charge in [-0.25, -0.2) is 0 Å². The van der Waals surface area contributed by atoms with Crippen LogP contribution in [0.3, 0.4) is 0 Å². The molecule has 76 valence electrons. The SMILES string of the molecule is CC1CC2(CCCCN2C(C)O)C1. The van der Waals surface area contributed by atoms with E-state index in [1.54, 1.807) is 0 Å². The number of rotatable bonds is 1. The molecular formula is C11H21NO. The normalized spacial score (nSPS) is 43.2. The Kier molecular flexibility index (Phi) is 2.37. The van der Waals surface area contributed by atoms with Gasteiger partial charge in [0.25, 0.3) is 0 Å². The second kappa shape index (κ2) is 3.25. The topological polar surface area (TPSA) is 23.5 Å². The van der Waals surface area contributed by atoms with Crippen molar-refractivity contribution in [3.8, 4) is 0 Å². The maximum absolute atomic E-state index is 9.69. The van der Waals surface area contributed by atoms with Crippen LogP contribution in [0.5, 0.6) is 0 Å². The van der Waals surface area contributed by atoms with Gasteiger partial charge in [0.2, 0.25) is 0 Å². The summed E-state index contributed by atoms with van der Waals surface area (Å²) in [5, 5.41) is 9.69. The van der Waals surface area contributed by atoms with Crippen LogP contribution in [0.4, 0.5) is 0 Å². The molecule has 1 N–H and O–H groups in total. The highest BCUT2D eigenvalue weighted by Gasteiger charge is 2.48. The molecule has 1 aliphatic heterocycles. The van der Waals surface area contributed by atoms with Gasteiger partial charge < -0.3 is 5.11 Å². The van der Waals surface area contributed by atoms with Crippen LogP contribution in [0.1, 0.15) is 46.0 Å². The Morgan fingerprint density at radius 1 is 1.38 bits per heavy atom. The highest BCUT2D eigenvalue weighted by Crippen LogP contribution is 2.48. The first-order valence-electron chi connectivity index (χ1n) is 5.59. The summed E-state index contributed by atoms with van der Waals surface area (Å²) in [5.74, 6) is 0.874. The first-order valence-corrected chi connectivity index (χ1v) is 5.59. The zero-order valence-corrected chi connectivity index (χ0v) is 8.79. The molecule has 0 amide bonds. The van der Waals surface area contributed by atoms with Gasteiger partial charge in [-0.15, -0.1) is 0 Å². The molecule has 1 saturated heterocycles. The van der Waals surface area contributed by atoms with Crippen molar-refractivity contribution < 1.29 is 5.11 Å². The quantitative estimate of drug-likeness (QED) is 0.672. The van der Waals surface area contributed by atoms with Crippen LogP contribution in [0, 0.1) is 5.92 Å². The summed E-state index contributed by atoms with van der Waals surface area (Å²) in [5.41, 5.74) is 0.395. The first-order chi connectivity index (χ1) is 6.14. The number of aliphatic hydroxyl groups excluding tert-OH is 1. The molecule has 1 saturated carbocycles. The fourth-order valence-corrected chi connectivity index (χ4v) is 3.38. The summed E-state index contributed by atoms with van der Waals surface area (Å²) in [6, 6.07) is 0. The van der Waals surface area contributed by atoms with Crippen molar-refractivity contribution >= 4 is 0 Å².